The minimum Gasteiger partial charge on any atom is -0.299 e. The fourth-order valence-corrected chi connectivity index (χ4v) is 4.77. The first kappa shape index (κ1) is 19.9. The molecule has 1 saturated heterocycles. The van der Waals surface area contributed by atoms with E-state index in [0.717, 1.165) is 59.3 Å². The first-order valence-corrected chi connectivity index (χ1v) is 10.8. The van der Waals surface area contributed by atoms with Gasteiger partial charge in [-0.25, -0.2) is 14.1 Å². The molecule has 1 aliphatic heterocycles. The Kier molecular flexibility index (Phi) is 5.87. The molecule has 1 fully saturated rings. The van der Waals surface area contributed by atoms with Crippen LogP contribution in [0, 0.1) is 25.6 Å². The van der Waals surface area contributed by atoms with E-state index < -0.39 is 0 Å². The number of hydrogen-bond donors (Lipinski definition) is 0. The van der Waals surface area contributed by atoms with Gasteiger partial charge in [-0.2, -0.15) is 5.10 Å². The Balaban J connectivity index is 1.39. The van der Waals surface area contributed by atoms with Crippen LogP contribution in [0.1, 0.15) is 29.1 Å². The van der Waals surface area contributed by atoms with Crippen molar-refractivity contribution < 1.29 is 4.39 Å². The van der Waals surface area contributed by atoms with Gasteiger partial charge in [0.15, 0.2) is 0 Å². The van der Waals surface area contributed by atoms with Crippen LogP contribution in [-0.2, 0) is 13.1 Å². The number of nitrogens with zero attached hydrogens (tertiary/aromatic N) is 4. The van der Waals surface area contributed by atoms with Crippen molar-refractivity contribution in [3.8, 4) is 10.6 Å². The molecule has 0 saturated carbocycles. The molecule has 1 aliphatic rings. The molecule has 0 atom stereocenters. The summed E-state index contributed by atoms with van der Waals surface area (Å²) in [6.45, 7) is 7.40. The molecule has 1 aromatic carbocycles. The molecule has 2 aromatic heterocycles. The summed E-state index contributed by atoms with van der Waals surface area (Å²) in [7, 11) is 0. The maximum absolute atomic E-state index is 13.1. The van der Waals surface area contributed by atoms with Gasteiger partial charge in [-0.3, -0.25) is 9.69 Å². The first-order chi connectivity index (χ1) is 14.0. The summed E-state index contributed by atoms with van der Waals surface area (Å²) in [4.78, 5) is 20.2. The molecule has 0 N–H and O–H groups in total. The van der Waals surface area contributed by atoms with E-state index in [9.17, 15) is 9.18 Å². The SMILES string of the molecule is Cc1nc(C)c(-c2ccc(=O)n(CC3CCN(Cc4ccc(F)cc4)CC3)n2)s1. The second-order valence-corrected chi connectivity index (χ2v) is 8.94. The smallest absolute Gasteiger partial charge is 0.266 e. The van der Waals surface area contributed by atoms with Crippen molar-refractivity contribution in [1.29, 1.82) is 0 Å². The van der Waals surface area contributed by atoms with Crippen LogP contribution < -0.4 is 5.56 Å². The van der Waals surface area contributed by atoms with E-state index in [0.29, 0.717) is 12.5 Å². The van der Waals surface area contributed by atoms with Crippen molar-refractivity contribution in [1.82, 2.24) is 19.7 Å². The lowest BCUT2D eigenvalue weighted by Crippen LogP contribution is -2.36. The highest BCUT2D eigenvalue weighted by Gasteiger charge is 2.21. The van der Waals surface area contributed by atoms with Crippen LogP contribution in [-0.4, -0.2) is 32.8 Å². The number of thiazole rings is 1. The van der Waals surface area contributed by atoms with Crippen molar-refractivity contribution in [2.45, 2.75) is 39.8 Å². The van der Waals surface area contributed by atoms with Crippen molar-refractivity contribution in [3.05, 3.63) is 68.8 Å². The van der Waals surface area contributed by atoms with E-state index in [1.807, 2.05) is 26.0 Å². The summed E-state index contributed by atoms with van der Waals surface area (Å²) in [5.41, 5.74) is 2.85. The van der Waals surface area contributed by atoms with Gasteiger partial charge in [0, 0.05) is 19.2 Å². The number of halogens is 1. The number of benzene rings is 1. The van der Waals surface area contributed by atoms with Crippen molar-refractivity contribution >= 4 is 11.3 Å². The average molecular weight is 413 g/mol. The van der Waals surface area contributed by atoms with Crippen LogP contribution in [0.4, 0.5) is 4.39 Å². The third kappa shape index (κ3) is 4.79. The zero-order chi connectivity index (χ0) is 20.4. The molecule has 0 bridgehead atoms. The molecule has 4 rings (SSSR count). The van der Waals surface area contributed by atoms with E-state index >= 15 is 0 Å². The minimum absolute atomic E-state index is 0.0543. The van der Waals surface area contributed by atoms with Crippen LogP contribution in [0.3, 0.4) is 0 Å². The topological polar surface area (TPSA) is 51.0 Å². The molecule has 3 aromatic rings. The lowest BCUT2D eigenvalue weighted by atomic mass is 9.96. The van der Waals surface area contributed by atoms with Crippen LogP contribution in [0.5, 0.6) is 0 Å². The lowest BCUT2D eigenvalue weighted by molar-refractivity contribution is 0.163. The predicted octanol–water partition coefficient (Wildman–Crippen LogP) is 4.03. The summed E-state index contributed by atoms with van der Waals surface area (Å²) in [5.74, 6) is 0.237. The van der Waals surface area contributed by atoms with Gasteiger partial charge < -0.3 is 0 Å². The number of aromatic nitrogens is 3. The van der Waals surface area contributed by atoms with E-state index in [-0.39, 0.29) is 11.4 Å². The molecule has 3 heterocycles. The predicted molar refractivity (Wildman–Crippen MR) is 113 cm³/mol. The Bertz CT molecular complexity index is 1040. The van der Waals surface area contributed by atoms with Crippen LogP contribution in [0.25, 0.3) is 10.6 Å². The highest BCUT2D eigenvalue weighted by atomic mass is 32.1. The molecular weight excluding hydrogens is 387 g/mol. The van der Waals surface area contributed by atoms with Gasteiger partial charge in [0.1, 0.15) is 11.5 Å². The fraction of sp³-hybridized carbons (Fsp3) is 0.409. The van der Waals surface area contributed by atoms with Gasteiger partial charge in [-0.1, -0.05) is 12.1 Å². The molecular formula is C22H25FN4OS. The second-order valence-electron chi connectivity index (χ2n) is 7.73. The van der Waals surface area contributed by atoms with Crippen molar-refractivity contribution in [3.63, 3.8) is 0 Å². The Hall–Kier alpha value is -2.38. The largest absolute Gasteiger partial charge is 0.299 e. The summed E-state index contributed by atoms with van der Waals surface area (Å²) < 4.78 is 14.7. The molecule has 0 aliphatic carbocycles. The van der Waals surface area contributed by atoms with Crippen LogP contribution in [0.2, 0.25) is 0 Å². The second kappa shape index (κ2) is 8.55. The summed E-state index contributed by atoms with van der Waals surface area (Å²) in [6.07, 6.45) is 2.05. The van der Waals surface area contributed by atoms with Gasteiger partial charge in [-0.15, -0.1) is 11.3 Å². The molecule has 0 amide bonds. The average Bonchev–Trinajstić information content (AvgIpc) is 3.05. The normalized spacial score (nSPS) is 15.7. The summed E-state index contributed by atoms with van der Waals surface area (Å²) in [6, 6.07) is 10.1. The maximum atomic E-state index is 13.1. The van der Waals surface area contributed by atoms with Gasteiger partial charge >= 0.3 is 0 Å². The third-order valence-electron chi connectivity index (χ3n) is 5.46. The Morgan fingerprint density at radius 1 is 1.10 bits per heavy atom. The lowest BCUT2D eigenvalue weighted by Gasteiger charge is -2.32. The van der Waals surface area contributed by atoms with Crippen LogP contribution >= 0.6 is 11.3 Å². The number of piperidine rings is 1. The number of rotatable bonds is 5. The van der Waals surface area contributed by atoms with Crippen molar-refractivity contribution in [2.75, 3.05) is 13.1 Å². The third-order valence-corrected chi connectivity index (χ3v) is 6.56. The van der Waals surface area contributed by atoms with Gasteiger partial charge in [0.2, 0.25) is 0 Å². The van der Waals surface area contributed by atoms with Crippen molar-refractivity contribution in [2.24, 2.45) is 5.92 Å². The molecule has 0 unspecified atom stereocenters. The highest BCUT2D eigenvalue weighted by molar-refractivity contribution is 7.15. The van der Waals surface area contributed by atoms with Gasteiger partial charge in [-0.05, 0) is 69.5 Å². The summed E-state index contributed by atoms with van der Waals surface area (Å²) >= 11 is 1.61. The first-order valence-electron chi connectivity index (χ1n) is 9.97. The Morgan fingerprint density at radius 3 is 2.48 bits per heavy atom. The standard InChI is InChI=1S/C22H25FN4OS/c1-15-22(29-16(2)24-15)20-7-8-21(28)27(25-20)14-18-9-11-26(12-10-18)13-17-3-5-19(23)6-4-17/h3-8,18H,9-14H2,1-2H3. The highest BCUT2D eigenvalue weighted by Crippen LogP contribution is 2.27. The quantitative estimate of drug-likeness (QED) is 0.635. The van der Waals surface area contributed by atoms with Gasteiger partial charge in [0.05, 0.1) is 15.6 Å². The molecule has 5 nitrogen and oxygen atoms in total. The molecule has 152 valence electrons. The summed E-state index contributed by atoms with van der Waals surface area (Å²) in [5, 5.41) is 5.64. The zero-order valence-electron chi connectivity index (χ0n) is 16.8. The number of hydrogen-bond acceptors (Lipinski definition) is 5. The zero-order valence-corrected chi connectivity index (χ0v) is 17.6. The Morgan fingerprint density at radius 2 is 1.83 bits per heavy atom. The maximum Gasteiger partial charge on any atom is 0.266 e. The number of aryl methyl sites for hydroxylation is 2. The Labute approximate surface area is 173 Å². The van der Waals surface area contributed by atoms with Crippen LogP contribution in [0.15, 0.2) is 41.2 Å². The number of likely N-dealkylation sites (tertiary alicyclic amines) is 1. The minimum atomic E-state index is -0.198. The molecule has 0 spiro atoms. The fourth-order valence-electron chi connectivity index (χ4n) is 3.89. The van der Waals surface area contributed by atoms with E-state index in [4.69, 9.17) is 0 Å². The monoisotopic (exact) mass is 412 g/mol. The molecule has 0 radical (unpaired) electrons. The molecule has 7 heteroatoms. The van der Waals surface area contributed by atoms with E-state index in [2.05, 4.69) is 15.0 Å². The molecule has 29 heavy (non-hydrogen) atoms. The van der Waals surface area contributed by atoms with E-state index in [1.54, 1.807) is 28.2 Å². The van der Waals surface area contributed by atoms with E-state index in [1.165, 1.54) is 12.1 Å². The van der Waals surface area contributed by atoms with Gasteiger partial charge in [0.25, 0.3) is 5.56 Å².